The second-order valence-electron chi connectivity index (χ2n) is 11.9. The fraction of sp³-hybridized carbons (Fsp3) is 0.852. The van der Waals surface area contributed by atoms with Crippen LogP contribution in [-0.2, 0) is 0 Å². The van der Waals surface area contributed by atoms with Gasteiger partial charge in [0.1, 0.15) is 0 Å². The molecule has 6 atom stereocenters. The lowest BCUT2D eigenvalue weighted by atomic mass is 9.61. The summed E-state index contributed by atoms with van der Waals surface area (Å²) in [5.74, 6) is 1.46. The first-order valence-electron chi connectivity index (χ1n) is 13.2. The Kier molecular flexibility index (Phi) is 7.60. The van der Waals surface area contributed by atoms with Gasteiger partial charge in [0.05, 0.1) is 12.2 Å². The lowest BCUT2D eigenvalue weighted by molar-refractivity contribution is -0.272. The monoisotopic (exact) mass is 485 g/mol. The van der Waals surface area contributed by atoms with E-state index < -0.39 is 24.0 Å². The normalized spacial score (nSPS) is 39.2. The lowest BCUT2D eigenvalue weighted by Crippen LogP contribution is -2.54. The van der Waals surface area contributed by atoms with E-state index in [0.717, 1.165) is 37.8 Å². The van der Waals surface area contributed by atoms with E-state index in [1.54, 1.807) is 0 Å². The highest BCUT2D eigenvalue weighted by Crippen LogP contribution is 2.59. The van der Waals surface area contributed by atoms with Crippen molar-refractivity contribution < 1.29 is 28.5 Å². The molecular weight excluding hydrogens is 443 g/mol. The summed E-state index contributed by atoms with van der Waals surface area (Å²) in [6, 6.07) is 0. The van der Waals surface area contributed by atoms with Crippen molar-refractivity contribution in [2.24, 2.45) is 23.2 Å². The molecule has 4 fully saturated rings. The molecule has 194 valence electrons. The van der Waals surface area contributed by atoms with Gasteiger partial charge in [-0.25, -0.2) is 0 Å². The average Bonchev–Trinajstić information content (AvgIpc) is 3.10. The van der Waals surface area contributed by atoms with Crippen molar-refractivity contribution >= 4 is 0 Å². The summed E-state index contributed by atoms with van der Waals surface area (Å²) in [7, 11) is 0. The first-order valence-corrected chi connectivity index (χ1v) is 13.2. The van der Waals surface area contributed by atoms with Crippen LogP contribution in [0.1, 0.15) is 78.1 Å². The van der Waals surface area contributed by atoms with Crippen molar-refractivity contribution in [3.8, 4) is 0 Å². The minimum Gasteiger partial charge on any atom is -0.393 e. The standard InChI is InChI=1S/C27H42F3NO3/c1-18(17-31-12-10-26(34,11-13-31)27(28,29)30)23-7-8-24-20(4-3-9-25(23,24)2)6-5-19-14-21(32)16-22(33)15-19/h5-6,18,21-24,32-34H,3-4,7-17H2,1-2H3/b20-6+/t18-,21-,22-,23-,24+,25-/m1/s1. The highest BCUT2D eigenvalue weighted by Gasteiger charge is 2.55. The topological polar surface area (TPSA) is 63.9 Å². The number of allylic oxidation sites excluding steroid dienone is 3. The van der Waals surface area contributed by atoms with Crippen LogP contribution in [-0.4, -0.2) is 63.8 Å². The van der Waals surface area contributed by atoms with E-state index in [0.29, 0.717) is 50.1 Å². The third-order valence-electron chi connectivity index (χ3n) is 9.55. The largest absolute Gasteiger partial charge is 0.417 e. The lowest BCUT2D eigenvalue weighted by Gasteiger charge is -2.46. The Morgan fingerprint density at radius 3 is 2.32 bits per heavy atom. The Bertz CT molecular complexity index is 774. The summed E-state index contributed by atoms with van der Waals surface area (Å²) in [6.45, 7) is 6.05. The number of likely N-dealkylation sites (tertiary alicyclic amines) is 1. The van der Waals surface area contributed by atoms with E-state index in [-0.39, 0.29) is 18.3 Å². The number of halogens is 3. The van der Waals surface area contributed by atoms with Crippen LogP contribution in [0.15, 0.2) is 23.3 Å². The Hall–Kier alpha value is -0.890. The fourth-order valence-electron chi connectivity index (χ4n) is 7.67. The van der Waals surface area contributed by atoms with E-state index in [1.165, 1.54) is 12.0 Å². The zero-order valence-corrected chi connectivity index (χ0v) is 20.7. The maximum absolute atomic E-state index is 13.2. The molecule has 0 spiro atoms. The predicted octanol–water partition coefficient (Wildman–Crippen LogP) is 4.99. The third kappa shape index (κ3) is 5.28. The van der Waals surface area contributed by atoms with Gasteiger partial charge in [-0.3, -0.25) is 0 Å². The van der Waals surface area contributed by atoms with Crippen LogP contribution in [0.2, 0.25) is 0 Å². The first-order chi connectivity index (χ1) is 15.9. The van der Waals surface area contributed by atoms with Crippen molar-refractivity contribution in [3.05, 3.63) is 23.3 Å². The van der Waals surface area contributed by atoms with Crippen LogP contribution in [0.4, 0.5) is 13.2 Å². The maximum atomic E-state index is 13.2. The third-order valence-corrected chi connectivity index (χ3v) is 9.55. The van der Waals surface area contributed by atoms with Crippen molar-refractivity contribution in [1.29, 1.82) is 0 Å². The Morgan fingerprint density at radius 1 is 1.06 bits per heavy atom. The number of rotatable bonds is 4. The molecule has 0 unspecified atom stereocenters. The number of piperidine rings is 1. The number of aliphatic hydroxyl groups excluding tert-OH is 2. The summed E-state index contributed by atoms with van der Waals surface area (Å²) in [6.07, 6.45) is 5.94. The molecule has 0 aromatic carbocycles. The van der Waals surface area contributed by atoms with Gasteiger partial charge in [-0.05, 0) is 87.4 Å². The zero-order valence-electron chi connectivity index (χ0n) is 20.7. The van der Waals surface area contributed by atoms with Crippen molar-refractivity contribution in [1.82, 2.24) is 4.90 Å². The van der Waals surface area contributed by atoms with Gasteiger partial charge < -0.3 is 20.2 Å². The Labute approximate surface area is 201 Å². The number of nitrogens with zero attached hydrogens (tertiary/aromatic N) is 1. The van der Waals surface area contributed by atoms with Gasteiger partial charge in [-0.15, -0.1) is 0 Å². The van der Waals surface area contributed by atoms with Crippen molar-refractivity contribution in [2.45, 2.75) is 102 Å². The fourth-order valence-corrected chi connectivity index (χ4v) is 7.67. The van der Waals surface area contributed by atoms with E-state index in [1.807, 2.05) is 0 Å². The molecule has 0 aromatic rings. The first kappa shape index (κ1) is 26.2. The zero-order chi connectivity index (χ0) is 24.7. The van der Waals surface area contributed by atoms with Crippen LogP contribution >= 0.6 is 0 Å². The van der Waals surface area contributed by atoms with Gasteiger partial charge >= 0.3 is 6.18 Å². The van der Waals surface area contributed by atoms with Crippen molar-refractivity contribution in [2.75, 3.05) is 19.6 Å². The molecule has 0 aromatic heterocycles. The molecule has 3 aliphatic carbocycles. The molecule has 0 amide bonds. The van der Waals surface area contributed by atoms with Crippen LogP contribution in [0.5, 0.6) is 0 Å². The highest BCUT2D eigenvalue weighted by molar-refractivity contribution is 5.26. The Balaban J connectivity index is 1.39. The molecule has 0 bridgehead atoms. The van der Waals surface area contributed by atoms with E-state index in [9.17, 15) is 28.5 Å². The van der Waals surface area contributed by atoms with Gasteiger partial charge in [-0.2, -0.15) is 13.2 Å². The predicted molar refractivity (Wildman–Crippen MR) is 126 cm³/mol. The second kappa shape index (κ2) is 9.87. The minimum atomic E-state index is -4.55. The average molecular weight is 486 g/mol. The molecule has 4 nitrogen and oxygen atoms in total. The molecule has 1 heterocycles. The number of hydrogen-bond acceptors (Lipinski definition) is 4. The smallest absolute Gasteiger partial charge is 0.393 e. The van der Waals surface area contributed by atoms with Crippen LogP contribution in [0.25, 0.3) is 0 Å². The molecular formula is C27H42F3NO3. The SMILES string of the molecule is C[C@H](CN1CCC(O)(C(F)(F)F)CC1)[C@H]1CC[C@H]2/C(=C/C=C3C[C@@H](O)C[C@H](O)C3)CCC[C@]12C. The van der Waals surface area contributed by atoms with Crippen molar-refractivity contribution in [3.63, 3.8) is 0 Å². The van der Waals surface area contributed by atoms with Crippen LogP contribution in [0, 0.1) is 23.2 Å². The van der Waals surface area contributed by atoms with Gasteiger partial charge in [0.25, 0.3) is 0 Å². The van der Waals surface area contributed by atoms with E-state index >= 15 is 0 Å². The summed E-state index contributed by atoms with van der Waals surface area (Å²) < 4.78 is 39.5. The summed E-state index contributed by atoms with van der Waals surface area (Å²) in [5, 5.41) is 29.9. The van der Waals surface area contributed by atoms with Crippen LogP contribution in [0.3, 0.4) is 0 Å². The number of hydrogen-bond donors (Lipinski definition) is 3. The second-order valence-corrected chi connectivity index (χ2v) is 11.9. The van der Waals surface area contributed by atoms with E-state index in [4.69, 9.17) is 0 Å². The Morgan fingerprint density at radius 2 is 1.71 bits per heavy atom. The molecule has 4 aliphatic rings. The quantitative estimate of drug-likeness (QED) is 0.525. The number of alkyl halides is 3. The number of aliphatic hydroxyl groups is 3. The van der Waals surface area contributed by atoms with Crippen LogP contribution < -0.4 is 0 Å². The molecule has 7 heteroatoms. The molecule has 1 aliphatic heterocycles. The van der Waals surface area contributed by atoms with Gasteiger partial charge in [0, 0.05) is 19.6 Å². The van der Waals surface area contributed by atoms with Gasteiger partial charge in [-0.1, -0.05) is 37.1 Å². The summed E-state index contributed by atoms with van der Waals surface area (Å²) >= 11 is 0. The highest BCUT2D eigenvalue weighted by atomic mass is 19.4. The maximum Gasteiger partial charge on any atom is 0.417 e. The number of fused-ring (bicyclic) bond motifs is 1. The van der Waals surface area contributed by atoms with Gasteiger partial charge in [0.2, 0.25) is 0 Å². The van der Waals surface area contributed by atoms with E-state index in [2.05, 4.69) is 30.9 Å². The summed E-state index contributed by atoms with van der Waals surface area (Å²) in [5.41, 5.74) is 0.284. The minimum absolute atomic E-state index is 0.204. The summed E-state index contributed by atoms with van der Waals surface area (Å²) in [4.78, 5) is 2.12. The molecule has 0 radical (unpaired) electrons. The molecule has 4 rings (SSSR count). The molecule has 34 heavy (non-hydrogen) atoms. The molecule has 3 saturated carbocycles. The van der Waals surface area contributed by atoms with Gasteiger partial charge in [0.15, 0.2) is 5.60 Å². The molecule has 1 saturated heterocycles. The molecule has 3 N–H and O–H groups in total.